The maximum atomic E-state index is 11.0. The quantitative estimate of drug-likeness (QED) is 0.841. The van der Waals surface area contributed by atoms with E-state index < -0.39 is 11.4 Å². The Balaban J connectivity index is 2.22. The number of ether oxygens (including phenoxy) is 1. The number of hydrogen-bond acceptors (Lipinski definition) is 4. The second kappa shape index (κ2) is 3.90. The first kappa shape index (κ1) is 11.1. The molecule has 0 fully saturated rings. The van der Waals surface area contributed by atoms with Gasteiger partial charge < -0.3 is 14.4 Å². The summed E-state index contributed by atoms with van der Waals surface area (Å²) in [7, 11) is 0. The van der Waals surface area contributed by atoms with Gasteiger partial charge in [0, 0.05) is 18.4 Å². The summed E-state index contributed by atoms with van der Waals surface area (Å²) < 4.78 is 10.5. The van der Waals surface area contributed by atoms with E-state index in [1.165, 1.54) is 0 Å². The highest BCUT2D eigenvalue weighted by atomic mass is 16.5. The Labute approximate surface area is 93.4 Å². The van der Waals surface area contributed by atoms with Crippen LogP contribution in [0.2, 0.25) is 0 Å². The van der Waals surface area contributed by atoms with Gasteiger partial charge in [-0.3, -0.25) is 4.79 Å². The number of rotatable bonds is 3. The largest absolute Gasteiger partial charge is 0.481 e. The van der Waals surface area contributed by atoms with Crippen molar-refractivity contribution in [1.29, 1.82) is 0 Å². The van der Waals surface area contributed by atoms with E-state index in [0.717, 1.165) is 17.7 Å². The molecule has 2 heterocycles. The van der Waals surface area contributed by atoms with Gasteiger partial charge in [0.15, 0.2) is 0 Å². The molecule has 1 aromatic rings. The Morgan fingerprint density at radius 3 is 3.00 bits per heavy atom. The van der Waals surface area contributed by atoms with E-state index in [4.69, 9.17) is 14.4 Å². The second-order valence-electron chi connectivity index (χ2n) is 4.70. The van der Waals surface area contributed by atoms with Crippen molar-refractivity contribution in [2.24, 2.45) is 5.41 Å². The van der Waals surface area contributed by atoms with Gasteiger partial charge in [-0.1, -0.05) is 5.16 Å². The Morgan fingerprint density at radius 2 is 2.31 bits per heavy atom. The molecule has 5 nitrogen and oxygen atoms in total. The number of carboxylic acid groups (broad SMARTS) is 1. The molecular formula is C11H15NO4. The Kier molecular flexibility index (Phi) is 2.71. The smallest absolute Gasteiger partial charge is 0.309 e. The van der Waals surface area contributed by atoms with Crippen LogP contribution in [0.25, 0.3) is 0 Å². The van der Waals surface area contributed by atoms with Crippen LogP contribution in [0.4, 0.5) is 0 Å². The maximum Gasteiger partial charge on any atom is 0.309 e. The number of aliphatic carboxylic acids is 1. The van der Waals surface area contributed by atoms with E-state index >= 15 is 0 Å². The van der Waals surface area contributed by atoms with Gasteiger partial charge in [0.05, 0.1) is 24.3 Å². The van der Waals surface area contributed by atoms with Gasteiger partial charge in [-0.15, -0.1) is 0 Å². The molecule has 0 saturated heterocycles. The third-order valence-electron chi connectivity index (χ3n) is 2.86. The maximum absolute atomic E-state index is 11.0. The minimum atomic E-state index is -0.843. The average molecular weight is 225 g/mol. The van der Waals surface area contributed by atoms with Crippen LogP contribution in [0.1, 0.15) is 30.9 Å². The molecule has 5 heteroatoms. The highest BCUT2D eigenvalue weighted by Crippen LogP contribution is 2.28. The van der Waals surface area contributed by atoms with Crippen LogP contribution >= 0.6 is 0 Å². The van der Waals surface area contributed by atoms with Crippen molar-refractivity contribution in [3.63, 3.8) is 0 Å². The highest BCUT2D eigenvalue weighted by molar-refractivity contribution is 5.73. The zero-order valence-corrected chi connectivity index (χ0v) is 9.45. The minimum absolute atomic E-state index is 0.341. The number of carbonyl (C=O) groups is 1. The number of fused-ring (bicyclic) bond motifs is 1. The van der Waals surface area contributed by atoms with Crippen molar-refractivity contribution >= 4 is 5.97 Å². The molecule has 0 amide bonds. The van der Waals surface area contributed by atoms with Crippen LogP contribution in [-0.4, -0.2) is 22.8 Å². The lowest BCUT2D eigenvalue weighted by Gasteiger charge is -2.18. The standard InChI is InChI=1S/C11H15NO4/c1-11(2,10(13)14)5-9-7-6-15-4-3-8(7)12-16-9/h3-6H2,1-2H3,(H,13,14). The van der Waals surface area contributed by atoms with Crippen molar-refractivity contribution in [3.05, 3.63) is 17.0 Å². The van der Waals surface area contributed by atoms with Gasteiger partial charge in [-0.05, 0) is 13.8 Å². The first-order chi connectivity index (χ1) is 7.50. The van der Waals surface area contributed by atoms with E-state index in [9.17, 15) is 4.79 Å². The van der Waals surface area contributed by atoms with Crippen LogP contribution < -0.4 is 0 Å². The molecule has 1 aromatic heterocycles. The zero-order chi connectivity index (χ0) is 11.8. The normalized spacial score (nSPS) is 15.9. The molecular weight excluding hydrogens is 210 g/mol. The number of aromatic nitrogens is 1. The van der Waals surface area contributed by atoms with E-state index in [0.29, 0.717) is 25.4 Å². The minimum Gasteiger partial charge on any atom is -0.481 e. The van der Waals surface area contributed by atoms with Crippen LogP contribution in [0.15, 0.2) is 4.52 Å². The third-order valence-corrected chi connectivity index (χ3v) is 2.86. The fraction of sp³-hybridized carbons (Fsp3) is 0.636. The summed E-state index contributed by atoms with van der Waals surface area (Å²) in [6, 6.07) is 0. The number of hydrogen-bond donors (Lipinski definition) is 1. The fourth-order valence-electron chi connectivity index (χ4n) is 1.70. The summed E-state index contributed by atoms with van der Waals surface area (Å²) in [5, 5.41) is 13.0. The molecule has 0 radical (unpaired) electrons. The average Bonchev–Trinajstić information content (AvgIpc) is 2.61. The Bertz CT molecular complexity index is 408. The molecule has 0 atom stereocenters. The monoisotopic (exact) mass is 225 g/mol. The van der Waals surface area contributed by atoms with E-state index in [1.54, 1.807) is 13.8 Å². The van der Waals surface area contributed by atoms with E-state index in [1.807, 2.05) is 0 Å². The molecule has 0 spiro atoms. The van der Waals surface area contributed by atoms with E-state index in [2.05, 4.69) is 5.16 Å². The first-order valence-electron chi connectivity index (χ1n) is 5.28. The van der Waals surface area contributed by atoms with Crippen molar-refractivity contribution in [2.45, 2.75) is 33.3 Å². The summed E-state index contributed by atoms with van der Waals surface area (Å²) >= 11 is 0. The Morgan fingerprint density at radius 1 is 1.56 bits per heavy atom. The molecule has 0 aromatic carbocycles. The number of nitrogens with zero attached hydrogens (tertiary/aromatic N) is 1. The van der Waals surface area contributed by atoms with Crippen LogP contribution in [0, 0.1) is 5.41 Å². The summed E-state index contributed by atoms with van der Waals surface area (Å²) in [5.74, 6) is -0.198. The lowest BCUT2D eigenvalue weighted by atomic mass is 9.87. The summed E-state index contributed by atoms with van der Waals surface area (Å²) in [6.07, 6.45) is 1.08. The highest BCUT2D eigenvalue weighted by Gasteiger charge is 2.32. The Hall–Kier alpha value is -1.36. The van der Waals surface area contributed by atoms with Crippen molar-refractivity contribution in [2.75, 3.05) is 6.61 Å². The molecule has 0 unspecified atom stereocenters. The lowest BCUT2D eigenvalue weighted by molar-refractivity contribution is -0.147. The van der Waals surface area contributed by atoms with E-state index in [-0.39, 0.29) is 0 Å². The lowest BCUT2D eigenvalue weighted by Crippen LogP contribution is -2.26. The van der Waals surface area contributed by atoms with Gasteiger partial charge in [-0.25, -0.2) is 0 Å². The summed E-state index contributed by atoms with van der Waals surface area (Å²) in [6.45, 7) is 4.48. The molecule has 88 valence electrons. The van der Waals surface area contributed by atoms with Crippen molar-refractivity contribution in [3.8, 4) is 0 Å². The summed E-state index contributed by atoms with van der Waals surface area (Å²) in [5.41, 5.74) is 0.994. The molecule has 2 rings (SSSR count). The third kappa shape index (κ3) is 1.95. The van der Waals surface area contributed by atoms with Gasteiger partial charge in [0.25, 0.3) is 0 Å². The topological polar surface area (TPSA) is 72.6 Å². The van der Waals surface area contributed by atoms with Gasteiger partial charge in [0.2, 0.25) is 0 Å². The SMILES string of the molecule is CC(C)(Cc1onc2c1COCC2)C(=O)O. The molecule has 0 saturated carbocycles. The molecule has 1 aliphatic rings. The predicted octanol–water partition coefficient (Wildman–Crippen LogP) is 1.40. The van der Waals surface area contributed by atoms with Gasteiger partial charge >= 0.3 is 5.97 Å². The van der Waals surface area contributed by atoms with Crippen LogP contribution in [0.3, 0.4) is 0 Å². The first-order valence-corrected chi connectivity index (χ1v) is 5.28. The molecule has 0 bridgehead atoms. The second-order valence-corrected chi connectivity index (χ2v) is 4.70. The zero-order valence-electron chi connectivity index (χ0n) is 9.45. The fourth-order valence-corrected chi connectivity index (χ4v) is 1.70. The van der Waals surface area contributed by atoms with Gasteiger partial charge in [0.1, 0.15) is 5.76 Å². The summed E-state index contributed by atoms with van der Waals surface area (Å²) in [4.78, 5) is 11.0. The number of carboxylic acids is 1. The van der Waals surface area contributed by atoms with Gasteiger partial charge in [-0.2, -0.15) is 0 Å². The molecule has 16 heavy (non-hydrogen) atoms. The molecule has 1 aliphatic heterocycles. The van der Waals surface area contributed by atoms with Crippen molar-refractivity contribution in [1.82, 2.24) is 5.16 Å². The molecule has 0 aliphatic carbocycles. The van der Waals surface area contributed by atoms with Crippen LogP contribution in [0.5, 0.6) is 0 Å². The van der Waals surface area contributed by atoms with Crippen molar-refractivity contribution < 1.29 is 19.2 Å². The predicted molar refractivity (Wildman–Crippen MR) is 55.0 cm³/mol. The molecule has 1 N–H and O–H groups in total. The van der Waals surface area contributed by atoms with Crippen LogP contribution in [-0.2, 0) is 29.0 Å².